The van der Waals surface area contributed by atoms with E-state index in [1.54, 1.807) is 0 Å². The highest BCUT2D eigenvalue weighted by molar-refractivity contribution is 6.09. The number of pyridine rings is 1. The van der Waals surface area contributed by atoms with E-state index < -0.39 is 0 Å². The maximum absolute atomic E-state index is 6.69. The number of aryl methyl sites for hydroxylation is 1. The van der Waals surface area contributed by atoms with Crippen LogP contribution < -0.4 is 4.74 Å². The average Bonchev–Trinajstić information content (AvgIpc) is 3.55. The Morgan fingerprint density at radius 2 is 1.55 bits per heavy atom. The Labute approximate surface area is 260 Å². The van der Waals surface area contributed by atoms with Crippen molar-refractivity contribution in [2.75, 3.05) is 0 Å². The van der Waals surface area contributed by atoms with E-state index in [2.05, 4.69) is 120 Å². The molecule has 0 bridgehead atoms. The summed E-state index contributed by atoms with van der Waals surface area (Å²) in [6.45, 7) is 15.6. The number of aliphatic imine (C=N–C) groups is 1. The van der Waals surface area contributed by atoms with E-state index in [1.165, 1.54) is 40.3 Å². The lowest BCUT2D eigenvalue weighted by Gasteiger charge is -2.23. The molecular weight excluding hydrogens is 542 g/mol. The predicted molar refractivity (Wildman–Crippen MR) is 181 cm³/mol. The molecule has 0 unspecified atom stereocenters. The van der Waals surface area contributed by atoms with Crippen molar-refractivity contribution in [1.82, 2.24) is 9.55 Å². The summed E-state index contributed by atoms with van der Waals surface area (Å²) >= 11 is 0. The van der Waals surface area contributed by atoms with Gasteiger partial charge in [0, 0.05) is 28.6 Å². The minimum absolute atomic E-state index is 0.0161. The number of nitrogens with zero attached hydrogens (tertiary/aromatic N) is 3. The smallest absolute Gasteiger partial charge is 0.216 e. The van der Waals surface area contributed by atoms with Crippen molar-refractivity contribution in [3.63, 3.8) is 0 Å². The molecule has 3 heterocycles. The van der Waals surface area contributed by atoms with Crippen LogP contribution in [0.5, 0.6) is 11.5 Å². The Morgan fingerprint density at radius 1 is 0.750 bits per heavy atom. The molecule has 1 saturated carbocycles. The van der Waals surface area contributed by atoms with E-state index >= 15 is 0 Å². The van der Waals surface area contributed by atoms with Crippen molar-refractivity contribution in [2.24, 2.45) is 4.99 Å². The van der Waals surface area contributed by atoms with Crippen LogP contribution in [-0.2, 0) is 15.6 Å². The number of hydrogen-bond acceptors (Lipinski definition) is 4. The zero-order chi connectivity index (χ0) is 30.8. The van der Waals surface area contributed by atoms with E-state index in [0.717, 1.165) is 52.7 Å². The number of benzene rings is 3. The second-order valence-electron chi connectivity index (χ2n) is 14.7. The van der Waals surface area contributed by atoms with Crippen LogP contribution in [0.1, 0.15) is 89.5 Å². The summed E-state index contributed by atoms with van der Waals surface area (Å²) in [5.74, 6) is 3.24. The van der Waals surface area contributed by atoms with Crippen molar-refractivity contribution in [3.05, 3.63) is 95.2 Å². The zero-order valence-corrected chi connectivity index (χ0v) is 27.1. The molecule has 0 amide bonds. The van der Waals surface area contributed by atoms with Gasteiger partial charge in [-0.1, -0.05) is 59.6 Å². The van der Waals surface area contributed by atoms with E-state index in [-0.39, 0.29) is 23.0 Å². The molecule has 3 aromatic carbocycles. The molecule has 1 aliphatic carbocycles. The summed E-state index contributed by atoms with van der Waals surface area (Å²) in [5.41, 5.74) is 6.84. The topological polar surface area (TPSA) is 48.6 Å². The second-order valence-corrected chi connectivity index (χ2v) is 14.7. The third-order valence-corrected chi connectivity index (χ3v) is 9.20. The molecule has 0 spiro atoms. The van der Waals surface area contributed by atoms with Crippen molar-refractivity contribution in [1.29, 1.82) is 0 Å². The minimum Gasteiger partial charge on any atom is -0.472 e. The lowest BCUT2D eigenvalue weighted by atomic mass is 9.86. The van der Waals surface area contributed by atoms with Crippen molar-refractivity contribution in [3.8, 4) is 17.3 Å². The van der Waals surface area contributed by atoms with Crippen LogP contribution in [0, 0.1) is 6.92 Å². The van der Waals surface area contributed by atoms with Crippen molar-refractivity contribution >= 4 is 27.7 Å². The molecule has 5 heteroatoms. The van der Waals surface area contributed by atoms with Gasteiger partial charge in [-0.2, -0.15) is 0 Å². The van der Waals surface area contributed by atoms with E-state index in [4.69, 9.17) is 19.5 Å². The van der Waals surface area contributed by atoms with Gasteiger partial charge in [0.05, 0.1) is 17.1 Å². The maximum atomic E-state index is 6.69. The third kappa shape index (κ3) is 5.27. The average molecular weight is 586 g/mol. The first-order valence-electron chi connectivity index (χ1n) is 16.0. The van der Waals surface area contributed by atoms with Gasteiger partial charge in [0.15, 0.2) is 0 Å². The number of rotatable bonds is 4. The molecule has 2 aromatic heterocycles. The summed E-state index contributed by atoms with van der Waals surface area (Å²) in [6, 6.07) is 24.1. The zero-order valence-electron chi connectivity index (χ0n) is 27.1. The fourth-order valence-electron chi connectivity index (χ4n) is 6.61. The fourth-order valence-corrected chi connectivity index (χ4v) is 6.61. The van der Waals surface area contributed by atoms with Crippen LogP contribution >= 0.6 is 0 Å². The van der Waals surface area contributed by atoms with E-state index in [0.29, 0.717) is 0 Å². The second kappa shape index (κ2) is 10.5. The highest BCUT2D eigenvalue weighted by Gasteiger charge is 2.34. The largest absolute Gasteiger partial charge is 0.472 e. The molecule has 1 fully saturated rings. The van der Waals surface area contributed by atoms with Crippen LogP contribution in [-0.4, -0.2) is 27.6 Å². The number of fused-ring (bicyclic) bond motifs is 4. The van der Waals surface area contributed by atoms with E-state index in [1.807, 2.05) is 6.20 Å². The Balaban J connectivity index is 1.33. The summed E-state index contributed by atoms with van der Waals surface area (Å²) < 4.78 is 15.4. The maximum Gasteiger partial charge on any atom is 0.216 e. The lowest BCUT2D eigenvalue weighted by Crippen LogP contribution is -2.26. The Hall–Kier alpha value is -4.12. The monoisotopic (exact) mass is 585 g/mol. The minimum atomic E-state index is -0.0575. The summed E-state index contributed by atoms with van der Waals surface area (Å²) in [4.78, 5) is 9.87. The van der Waals surface area contributed by atoms with E-state index in [9.17, 15) is 0 Å². The molecule has 5 aromatic rings. The molecule has 44 heavy (non-hydrogen) atoms. The van der Waals surface area contributed by atoms with Gasteiger partial charge in [-0.3, -0.25) is 4.57 Å². The first kappa shape index (κ1) is 28.6. The standard InChI is InChI=1S/C39H43N3O2/c1-24-12-15-33-31(18-24)30-14-13-28(23-34(30)42(33)36-22-26(16-17-40-36)38(2,3)4)43-29-20-25(19-27(21-29)39(5,6)7)37-41-32-10-8-9-11-35(32)44-37/h12-23,32,35H,8-11H2,1-7H3/t32-,35-/m0/s1. The van der Waals surface area contributed by atoms with Gasteiger partial charge < -0.3 is 9.47 Å². The van der Waals surface area contributed by atoms with Crippen LogP contribution in [0.25, 0.3) is 27.6 Å². The summed E-state index contributed by atoms with van der Waals surface area (Å²) in [6.07, 6.45) is 6.77. The molecule has 5 nitrogen and oxygen atoms in total. The number of hydrogen-bond donors (Lipinski definition) is 0. The predicted octanol–water partition coefficient (Wildman–Crippen LogP) is 9.96. The van der Waals surface area contributed by atoms with Gasteiger partial charge in [-0.25, -0.2) is 9.98 Å². The van der Waals surface area contributed by atoms with Gasteiger partial charge in [-0.05, 0) is 103 Å². The lowest BCUT2D eigenvalue weighted by molar-refractivity contribution is 0.153. The molecule has 0 N–H and O–H groups in total. The van der Waals surface area contributed by atoms with Gasteiger partial charge in [0.2, 0.25) is 5.90 Å². The molecule has 2 aliphatic rings. The quantitative estimate of drug-likeness (QED) is 0.211. The molecule has 7 rings (SSSR count). The van der Waals surface area contributed by atoms with Gasteiger partial charge >= 0.3 is 0 Å². The fraction of sp³-hybridized carbons (Fsp3) is 0.385. The first-order valence-corrected chi connectivity index (χ1v) is 16.0. The Morgan fingerprint density at radius 3 is 2.32 bits per heavy atom. The highest BCUT2D eigenvalue weighted by atomic mass is 16.5. The van der Waals surface area contributed by atoms with Crippen molar-refractivity contribution < 1.29 is 9.47 Å². The normalized spacial score (nSPS) is 18.8. The summed E-state index contributed by atoms with van der Waals surface area (Å²) in [7, 11) is 0. The first-order chi connectivity index (χ1) is 20.9. The van der Waals surface area contributed by atoms with Crippen molar-refractivity contribution in [2.45, 2.75) is 97.1 Å². The third-order valence-electron chi connectivity index (χ3n) is 9.20. The molecule has 2 atom stereocenters. The SMILES string of the molecule is Cc1ccc2c(c1)c1ccc(Oc3cc(C4=N[C@H]5CCCC[C@@H]5O4)cc(C(C)(C)C)c3)cc1n2-c1cc(C(C)(C)C)ccn1. The molecule has 0 saturated heterocycles. The van der Waals surface area contributed by atoms with Gasteiger partial charge in [0.25, 0.3) is 0 Å². The molecular formula is C39H43N3O2. The Bertz CT molecular complexity index is 1920. The van der Waals surface area contributed by atoms with Crippen LogP contribution in [0.4, 0.5) is 0 Å². The molecule has 1 aliphatic heterocycles. The highest BCUT2D eigenvalue weighted by Crippen LogP contribution is 2.38. The van der Waals surface area contributed by atoms with Crippen LogP contribution in [0.15, 0.2) is 77.9 Å². The number of aromatic nitrogens is 2. The summed E-state index contributed by atoms with van der Waals surface area (Å²) in [5, 5.41) is 2.39. The van der Waals surface area contributed by atoms with Gasteiger partial charge in [-0.15, -0.1) is 0 Å². The van der Waals surface area contributed by atoms with Crippen LogP contribution in [0.3, 0.4) is 0 Å². The van der Waals surface area contributed by atoms with Crippen LogP contribution in [0.2, 0.25) is 0 Å². The molecule has 0 radical (unpaired) electrons. The molecule has 226 valence electrons. The van der Waals surface area contributed by atoms with Gasteiger partial charge in [0.1, 0.15) is 23.4 Å². The number of ether oxygens (including phenoxy) is 2. The Kier molecular flexibility index (Phi) is 6.84.